The van der Waals surface area contributed by atoms with E-state index >= 15 is 0 Å². The average molecular weight is 395 g/mol. The van der Waals surface area contributed by atoms with Crippen molar-refractivity contribution in [2.24, 2.45) is 5.92 Å². The number of hydrogen-bond donors (Lipinski definition) is 1. The molecule has 0 saturated carbocycles. The first-order chi connectivity index (χ1) is 12.8. The number of aromatic nitrogens is 1. The highest BCUT2D eigenvalue weighted by molar-refractivity contribution is 7.15. The number of urea groups is 1. The number of nitrogens with one attached hydrogen (secondary N) is 1. The molecule has 0 atom stereocenters. The number of rotatable bonds is 2. The molecule has 3 amide bonds. The summed E-state index contributed by atoms with van der Waals surface area (Å²) < 4.78 is 5.35. The van der Waals surface area contributed by atoms with Gasteiger partial charge in [-0.25, -0.2) is 9.78 Å². The van der Waals surface area contributed by atoms with E-state index < -0.39 is 0 Å². The second-order valence-electron chi connectivity index (χ2n) is 8.26. The van der Waals surface area contributed by atoms with Crippen LogP contribution in [0.2, 0.25) is 0 Å². The van der Waals surface area contributed by atoms with Crippen molar-refractivity contribution in [3.8, 4) is 0 Å². The lowest BCUT2D eigenvalue weighted by Gasteiger charge is -2.28. The van der Waals surface area contributed by atoms with Crippen LogP contribution in [0.1, 0.15) is 44.9 Å². The third-order valence-corrected chi connectivity index (χ3v) is 6.46. The first-order valence-electron chi connectivity index (χ1n) is 9.73. The monoisotopic (exact) mass is 394 g/mol. The highest BCUT2D eigenvalue weighted by atomic mass is 32.1. The van der Waals surface area contributed by atoms with E-state index in [4.69, 9.17) is 4.74 Å². The third kappa shape index (κ3) is 5.19. The maximum absolute atomic E-state index is 12.7. The van der Waals surface area contributed by atoms with Gasteiger partial charge in [0.25, 0.3) is 0 Å². The largest absolute Gasteiger partial charge is 0.381 e. The minimum absolute atomic E-state index is 0.0221. The summed E-state index contributed by atoms with van der Waals surface area (Å²) in [5, 5.41) is 3.54. The van der Waals surface area contributed by atoms with Gasteiger partial charge in [0.15, 0.2) is 5.13 Å². The maximum Gasteiger partial charge on any atom is 0.323 e. The summed E-state index contributed by atoms with van der Waals surface area (Å²) in [5.74, 6) is 0.292. The fourth-order valence-electron chi connectivity index (χ4n) is 3.39. The molecular formula is C19H30N4O3S. The number of amides is 3. The van der Waals surface area contributed by atoms with Crippen LogP contribution in [0.3, 0.4) is 0 Å². The fraction of sp³-hybridized carbons (Fsp3) is 0.737. The third-order valence-electron chi connectivity index (χ3n) is 5.12. The van der Waals surface area contributed by atoms with Gasteiger partial charge in [0.2, 0.25) is 5.91 Å². The molecule has 3 heterocycles. The zero-order valence-corrected chi connectivity index (χ0v) is 17.3. The van der Waals surface area contributed by atoms with E-state index in [0.29, 0.717) is 44.5 Å². The van der Waals surface area contributed by atoms with Crippen LogP contribution in [0.5, 0.6) is 0 Å². The molecule has 0 bridgehead atoms. The average Bonchev–Trinajstić information content (AvgIpc) is 2.98. The maximum atomic E-state index is 12.7. The Kier molecular flexibility index (Phi) is 6.37. The minimum Gasteiger partial charge on any atom is -0.381 e. The fourth-order valence-corrected chi connectivity index (χ4v) is 4.26. The summed E-state index contributed by atoms with van der Waals surface area (Å²) in [7, 11) is 0. The summed E-state index contributed by atoms with van der Waals surface area (Å²) in [5.41, 5.74) is 0.0221. The van der Waals surface area contributed by atoms with Crippen molar-refractivity contribution >= 4 is 28.4 Å². The van der Waals surface area contributed by atoms with Gasteiger partial charge in [-0.05, 0) is 24.7 Å². The molecule has 0 aromatic carbocycles. The molecule has 1 aromatic rings. The quantitative estimate of drug-likeness (QED) is 0.837. The van der Waals surface area contributed by atoms with E-state index in [1.807, 2.05) is 11.1 Å². The summed E-state index contributed by atoms with van der Waals surface area (Å²) in [6.07, 6.45) is 4.24. The van der Waals surface area contributed by atoms with Crippen molar-refractivity contribution in [2.45, 2.75) is 45.4 Å². The molecule has 8 heteroatoms. The van der Waals surface area contributed by atoms with Gasteiger partial charge in [-0.15, -0.1) is 11.3 Å². The first kappa shape index (κ1) is 20.1. The van der Waals surface area contributed by atoms with Crippen LogP contribution in [-0.4, -0.2) is 66.1 Å². The number of hydrogen-bond acceptors (Lipinski definition) is 5. The van der Waals surface area contributed by atoms with Gasteiger partial charge in [-0.3, -0.25) is 10.1 Å². The number of carbonyl (C=O) groups excluding carboxylic acids is 2. The van der Waals surface area contributed by atoms with E-state index in [1.54, 1.807) is 4.90 Å². The summed E-state index contributed by atoms with van der Waals surface area (Å²) >= 11 is 1.52. The standard InChI is InChI=1S/C19H30N4O3S/c1-19(2,3)15-13-20-17(27-15)21-18(25)23-8-4-7-22(9-10-23)16(24)14-5-11-26-12-6-14/h13-14H,4-12H2,1-3H3,(H,20,21,25). The Morgan fingerprint density at radius 1 is 1.15 bits per heavy atom. The lowest BCUT2D eigenvalue weighted by Crippen LogP contribution is -2.42. The highest BCUT2D eigenvalue weighted by Gasteiger charge is 2.29. The molecule has 2 aliphatic rings. The topological polar surface area (TPSA) is 74.8 Å². The molecular weight excluding hydrogens is 364 g/mol. The van der Waals surface area contributed by atoms with Crippen LogP contribution in [0.15, 0.2) is 6.20 Å². The zero-order valence-electron chi connectivity index (χ0n) is 16.5. The van der Waals surface area contributed by atoms with E-state index in [1.165, 1.54) is 11.3 Å². The van der Waals surface area contributed by atoms with Crippen LogP contribution in [-0.2, 0) is 14.9 Å². The van der Waals surface area contributed by atoms with Crippen molar-refractivity contribution in [1.82, 2.24) is 14.8 Å². The second kappa shape index (κ2) is 8.56. The van der Waals surface area contributed by atoms with E-state index in [9.17, 15) is 9.59 Å². The number of nitrogens with zero attached hydrogens (tertiary/aromatic N) is 3. The van der Waals surface area contributed by atoms with Crippen molar-refractivity contribution in [2.75, 3.05) is 44.7 Å². The van der Waals surface area contributed by atoms with Gasteiger partial charge in [0.1, 0.15) is 0 Å². The molecule has 0 unspecified atom stereocenters. The Morgan fingerprint density at radius 2 is 1.81 bits per heavy atom. The molecule has 7 nitrogen and oxygen atoms in total. The Bertz CT molecular complexity index is 664. The van der Waals surface area contributed by atoms with E-state index in [2.05, 4.69) is 31.1 Å². The Hall–Kier alpha value is -1.67. The molecule has 0 aliphatic carbocycles. The molecule has 150 valence electrons. The predicted octanol–water partition coefficient (Wildman–Crippen LogP) is 2.93. The van der Waals surface area contributed by atoms with E-state index in [0.717, 1.165) is 24.1 Å². The molecule has 2 fully saturated rings. The van der Waals surface area contributed by atoms with Gasteiger partial charge in [-0.1, -0.05) is 20.8 Å². The zero-order chi connectivity index (χ0) is 19.4. The smallest absolute Gasteiger partial charge is 0.323 e. The Labute approximate surface area is 165 Å². The van der Waals surface area contributed by atoms with Crippen LogP contribution in [0.25, 0.3) is 0 Å². The van der Waals surface area contributed by atoms with Crippen LogP contribution < -0.4 is 5.32 Å². The summed E-state index contributed by atoms with van der Waals surface area (Å²) in [6.45, 7) is 10.2. The minimum atomic E-state index is -0.134. The lowest BCUT2D eigenvalue weighted by atomic mass is 9.96. The van der Waals surface area contributed by atoms with Gasteiger partial charge >= 0.3 is 6.03 Å². The molecule has 27 heavy (non-hydrogen) atoms. The summed E-state index contributed by atoms with van der Waals surface area (Å²) in [4.78, 5) is 34.5. The molecule has 1 N–H and O–H groups in total. The molecule has 1 aromatic heterocycles. The van der Waals surface area contributed by atoms with Crippen molar-refractivity contribution in [3.05, 3.63) is 11.1 Å². The molecule has 0 spiro atoms. The number of thiazole rings is 1. The van der Waals surface area contributed by atoms with Gasteiger partial charge in [0.05, 0.1) is 0 Å². The second-order valence-corrected chi connectivity index (χ2v) is 9.29. The predicted molar refractivity (Wildman–Crippen MR) is 106 cm³/mol. The first-order valence-corrected chi connectivity index (χ1v) is 10.5. The molecule has 3 rings (SSSR count). The summed E-state index contributed by atoms with van der Waals surface area (Å²) in [6, 6.07) is -0.134. The van der Waals surface area contributed by atoms with Crippen LogP contribution in [0.4, 0.5) is 9.93 Å². The molecule has 2 aliphatic heterocycles. The normalized spacial score (nSPS) is 19.7. The molecule has 2 saturated heterocycles. The van der Waals surface area contributed by atoms with Crippen LogP contribution in [0, 0.1) is 5.92 Å². The van der Waals surface area contributed by atoms with Gasteiger partial charge in [-0.2, -0.15) is 0 Å². The highest BCUT2D eigenvalue weighted by Crippen LogP contribution is 2.30. The van der Waals surface area contributed by atoms with Gasteiger partial charge in [0, 0.05) is 56.4 Å². The van der Waals surface area contributed by atoms with Crippen molar-refractivity contribution in [3.63, 3.8) is 0 Å². The van der Waals surface area contributed by atoms with Gasteiger partial charge < -0.3 is 14.5 Å². The van der Waals surface area contributed by atoms with Crippen LogP contribution >= 0.6 is 11.3 Å². The number of ether oxygens (including phenoxy) is 1. The number of anilines is 1. The molecule has 0 radical (unpaired) electrons. The Balaban J connectivity index is 1.53. The van der Waals surface area contributed by atoms with E-state index in [-0.39, 0.29) is 23.3 Å². The Morgan fingerprint density at radius 3 is 2.48 bits per heavy atom. The number of carbonyl (C=O) groups is 2. The SMILES string of the molecule is CC(C)(C)c1cnc(NC(=O)N2CCCN(C(=O)C3CCOCC3)CC2)s1. The van der Waals surface area contributed by atoms with Crippen molar-refractivity contribution < 1.29 is 14.3 Å². The van der Waals surface area contributed by atoms with Crippen molar-refractivity contribution in [1.29, 1.82) is 0 Å². The lowest BCUT2D eigenvalue weighted by molar-refractivity contribution is -0.138.